The number of piperidine rings is 1. The fraction of sp³-hybridized carbons (Fsp3) is 0.579. The van der Waals surface area contributed by atoms with Crippen molar-refractivity contribution in [1.82, 2.24) is 10.2 Å². The highest BCUT2D eigenvalue weighted by Crippen LogP contribution is 2.50. The molecule has 6 nitrogen and oxygen atoms in total. The number of carbonyl (C=O) groups excluding carboxylic acids is 2. The number of benzene rings is 1. The maximum Gasteiger partial charge on any atom is 0.421 e. The van der Waals surface area contributed by atoms with Crippen molar-refractivity contribution in [3.63, 3.8) is 0 Å². The van der Waals surface area contributed by atoms with Crippen LogP contribution in [-0.2, 0) is 9.24 Å². The average Bonchev–Trinajstić information content (AvgIpc) is 2.82. The Morgan fingerprint density at radius 2 is 2.08 bits per heavy atom. The first-order valence-corrected chi connectivity index (χ1v) is 9.77. The Bertz CT molecular complexity index is 774. The molecular weight excluding hydrogens is 398 g/mol. The summed E-state index contributed by atoms with van der Waals surface area (Å²) >= 11 is 2.81. The number of carbonyl (C=O) groups is 2. The van der Waals surface area contributed by atoms with Crippen LogP contribution in [0.2, 0.25) is 0 Å². The van der Waals surface area contributed by atoms with Crippen LogP contribution in [0.25, 0.3) is 0 Å². The predicted molar refractivity (Wildman–Crippen MR) is 103 cm³/mol. The molecule has 0 unspecified atom stereocenters. The van der Waals surface area contributed by atoms with Gasteiger partial charge in [0, 0.05) is 38.1 Å². The summed E-state index contributed by atoms with van der Waals surface area (Å²) in [6, 6.07) is 4.38. The molecule has 0 bridgehead atoms. The number of rotatable bonds is 0. The lowest BCUT2D eigenvalue weighted by molar-refractivity contribution is 0.0957. The maximum absolute atomic E-state index is 12.6. The van der Waals surface area contributed by atoms with E-state index in [1.807, 2.05) is 6.07 Å². The lowest BCUT2D eigenvalue weighted by atomic mass is 9.77. The summed E-state index contributed by atoms with van der Waals surface area (Å²) in [7, 11) is 0. The second kappa shape index (κ2) is 6.15. The number of fused-ring (bicyclic) bond motifs is 3. The van der Waals surface area contributed by atoms with Crippen LogP contribution in [0.3, 0.4) is 0 Å². The summed E-state index contributed by atoms with van der Waals surface area (Å²) in [4.78, 5) is 28.8. The average molecular weight is 422 g/mol. The topological polar surface area (TPSA) is 61.9 Å². The standard InChI is InChI=1S/C19H24BrN3O3/c1-19(2,3)13-5-4-11-16-15(13)12-10-22(18(25)26-20)8-6-14(12)23(16)9-7-21-17(11)24/h4-5,12,14H,6-10H2,1-3H3,(H,21,24)/t12-,14+/m0/s1. The van der Waals surface area contributed by atoms with Gasteiger partial charge in [0.15, 0.2) is 16.3 Å². The number of halogens is 1. The largest absolute Gasteiger partial charge is 0.421 e. The summed E-state index contributed by atoms with van der Waals surface area (Å²) in [5.74, 6) is 0.199. The number of hydrogen-bond donors (Lipinski definition) is 1. The summed E-state index contributed by atoms with van der Waals surface area (Å²) in [5.41, 5.74) is 4.30. The fourth-order valence-corrected chi connectivity index (χ4v) is 4.97. The van der Waals surface area contributed by atoms with Crippen LogP contribution in [0, 0.1) is 0 Å². The molecule has 0 aliphatic carbocycles. The molecule has 0 saturated carbocycles. The Balaban J connectivity index is 1.88. The Labute approximate surface area is 162 Å². The van der Waals surface area contributed by atoms with Crippen LogP contribution in [0.1, 0.15) is 54.6 Å². The lowest BCUT2D eigenvalue weighted by Gasteiger charge is -2.38. The Kier molecular flexibility index (Phi) is 4.17. The number of likely N-dealkylation sites (tertiary alicyclic amines) is 1. The molecular formula is C19H24BrN3O3. The van der Waals surface area contributed by atoms with Gasteiger partial charge in [-0.3, -0.25) is 4.79 Å². The second-order valence-corrected chi connectivity index (χ2v) is 8.70. The SMILES string of the molecule is CC(C)(C)c1ccc2c3c1[C@H]1CN(C(=O)OBr)CC[C@H]1N3CCNC2=O. The van der Waals surface area contributed by atoms with Crippen LogP contribution in [0.5, 0.6) is 0 Å². The van der Waals surface area contributed by atoms with Gasteiger partial charge < -0.3 is 18.9 Å². The number of hydrogen-bond acceptors (Lipinski definition) is 4. The molecule has 3 aliphatic heterocycles. The Hall–Kier alpha value is -1.76. The lowest BCUT2D eigenvalue weighted by Crippen LogP contribution is -2.49. The van der Waals surface area contributed by atoms with E-state index in [0.29, 0.717) is 25.7 Å². The number of nitrogens with zero attached hydrogens (tertiary/aromatic N) is 2. The minimum Gasteiger partial charge on any atom is -0.367 e. The van der Waals surface area contributed by atoms with E-state index in [4.69, 9.17) is 3.83 Å². The molecule has 0 spiro atoms. The molecule has 1 fully saturated rings. The maximum atomic E-state index is 12.6. The van der Waals surface area contributed by atoms with Crippen LogP contribution in [0.4, 0.5) is 10.5 Å². The molecule has 1 saturated heterocycles. The van der Waals surface area contributed by atoms with E-state index >= 15 is 0 Å². The molecule has 2 atom stereocenters. The van der Waals surface area contributed by atoms with E-state index in [0.717, 1.165) is 24.2 Å². The van der Waals surface area contributed by atoms with Crippen molar-refractivity contribution in [3.8, 4) is 0 Å². The van der Waals surface area contributed by atoms with Crippen LogP contribution in [-0.4, -0.2) is 49.1 Å². The van der Waals surface area contributed by atoms with Gasteiger partial charge in [0.2, 0.25) is 0 Å². The first-order valence-electron chi connectivity index (χ1n) is 9.12. The molecule has 3 heterocycles. The molecule has 2 amide bonds. The molecule has 1 aromatic rings. The van der Waals surface area contributed by atoms with E-state index in [-0.39, 0.29) is 23.3 Å². The molecule has 0 aromatic heterocycles. The van der Waals surface area contributed by atoms with Crippen molar-refractivity contribution in [1.29, 1.82) is 0 Å². The second-order valence-electron chi connectivity index (χ2n) is 8.37. The minimum atomic E-state index is -0.346. The van der Waals surface area contributed by atoms with Gasteiger partial charge in [-0.25, -0.2) is 4.79 Å². The van der Waals surface area contributed by atoms with Gasteiger partial charge in [-0.15, -0.1) is 0 Å². The highest BCUT2D eigenvalue weighted by Gasteiger charge is 2.47. The fourth-order valence-electron chi connectivity index (χ4n) is 4.77. The molecule has 7 heteroatoms. The molecule has 1 aromatic carbocycles. The van der Waals surface area contributed by atoms with Crippen molar-refractivity contribution in [2.45, 2.75) is 44.6 Å². The van der Waals surface area contributed by atoms with Gasteiger partial charge in [0.05, 0.1) is 11.3 Å². The molecule has 1 N–H and O–H groups in total. The Morgan fingerprint density at radius 1 is 1.31 bits per heavy atom. The zero-order valence-corrected chi connectivity index (χ0v) is 16.9. The molecule has 0 radical (unpaired) electrons. The number of amides is 2. The monoisotopic (exact) mass is 421 g/mol. The highest BCUT2D eigenvalue weighted by atomic mass is 79.9. The van der Waals surface area contributed by atoms with Gasteiger partial charge in [-0.1, -0.05) is 26.8 Å². The summed E-state index contributed by atoms with van der Waals surface area (Å²) in [6.45, 7) is 9.34. The number of anilines is 1. The summed E-state index contributed by atoms with van der Waals surface area (Å²) in [6.07, 6.45) is 0.528. The first kappa shape index (κ1) is 17.6. The van der Waals surface area contributed by atoms with Crippen molar-refractivity contribution >= 4 is 33.9 Å². The van der Waals surface area contributed by atoms with E-state index in [2.05, 4.69) is 53.3 Å². The van der Waals surface area contributed by atoms with E-state index in [9.17, 15) is 9.59 Å². The smallest absolute Gasteiger partial charge is 0.367 e. The zero-order chi connectivity index (χ0) is 18.6. The van der Waals surface area contributed by atoms with Gasteiger partial charge >= 0.3 is 6.09 Å². The first-order chi connectivity index (χ1) is 12.3. The van der Waals surface area contributed by atoms with Gasteiger partial charge in [0.1, 0.15) is 0 Å². The van der Waals surface area contributed by atoms with E-state index < -0.39 is 0 Å². The third-order valence-corrected chi connectivity index (χ3v) is 6.14. The van der Waals surface area contributed by atoms with Gasteiger partial charge in [-0.05, 0) is 29.0 Å². The molecule has 4 rings (SSSR count). The number of nitrogens with one attached hydrogen (secondary N) is 1. The molecule has 140 valence electrons. The zero-order valence-electron chi connectivity index (χ0n) is 15.3. The van der Waals surface area contributed by atoms with Crippen LogP contribution < -0.4 is 10.2 Å². The minimum absolute atomic E-state index is 0.000389. The van der Waals surface area contributed by atoms with Crippen molar-refractivity contribution in [2.24, 2.45) is 0 Å². The Morgan fingerprint density at radius 3 is 2.77 bits per heavy atom. The van der Waals surface area contributed by atoms with Crippen LogP contribution in [0.15, 0.2) is 12.1 Å². The molecule has 3 aliphatic rings. The van der Waals surface area contributed by atoms with E-state index in [1.165, 1.54) is 11.1 Å². The molecule has 26 heavy (non-hydrogen) atoms. The summed E-state index contributed by atoms with van der Waals surface area (Å²) in [5, 5.41) is 3.01. The van der Waals surface area contributed by atoms with E-state index in [1.54, 1.807) is 4.90 Å². The quantitative estimate of drug-likeness (QED) is 0.698. The van der Waals surface area contributed by atoms with Crippen LogP contribution >= 0.6 is 16.3 Å². The predicted octanol–water partition coefficient (Wildman–Crippen LogP) is 3.15. The van der Waals surface area contributed by atoms with Gasteiger partial charge in [0.25, 0.3) is 5.91 Å². The third kappa shape index (κ3) is 2.59. The third-order valence-electron chi connectivity index (χ3n) is 5.87. The normalized spacial score (nSPS) is 24.5. The van der Waals surface area contributed by atoms with Crippen molar-refractivity contribution in [2.75, 3.05) is 31.1 Å². The van der Waals surface area contributed by atoms with Crippen molar-refractivity contribution < 1.29 is 13.4 Å². The highest BCUT2D eigenvalue weighted by molar-refractivity contribution is 9.06. The summed E-state index contributed by atoms with van der Waals surface area (Å²) < 4.78 is 4.77. The van der Waals surface area contributed by atoms with Gasteiger partial charge in [-0.2, -0.15) is 0 Å². The van der Waals surface area contributed by atoms with Crippen molar-refractivity contribution in [3.05, 3.63) is 28.8 Å².